The minimum absolute atomic E-state index is 0.366. The van der Waals surface area contributed by atoms with Crippen LogP contribution < -0.4 is 10.6 Å². The molecule has 0 amide bonds. The third-order valence-corrected chi connectivity index (χ3v) is 4.25. The van der Waals surface area contributed by atoms with Crippen LogP contribution in [0.5, 0.6) is 0 Å². The van der Waals surface area contributed by atoms with Crippen LogP contribution in [0.2, 0.25) is 0 Å². The lowest BCUT2D eigenvalue weighted by Gasteiger charge is -2.36. The Labute approximate surface area is 126 Å². The Bertz CT molecular complexity index is 656. The lowest BCUT2D eigenvalue weighted by Crippen LogP contribution is -2.48. The summed E-state index contributed by atoms with van der Waals surface area (Å²) in [6.07, 6.45) is 1.80. The van der Waals surface area contributed by atoms with E-state index in [0.717, 1.165) is 15.9 Å². The Hall–Kier alpha value is -1.88. The Morgan fingerprint density at radius 1 is 1.20 bits per heavy atom. The summed E-state index contributed by atoms with van der Waals surface area (Å²) in [6.45, 7) is 2.70. The van der Waals surface area contributed by atoms with Gasteiger partial charge in [-0.15, -0.1) is 0 Å². The van der Waals surface area contributed by atoms with Gasteiger partial charge in [0.2, 0.25) is 0 Å². The summed E-state index contributed by atoms with van der Waals surface area (Å²) < 4.78 is 0.988. The van der Waals surface area contributed by atoms with Crippen LogP contribution in [-0.2, 0) is 5.54 Å². The van der Waals surface area contributed by atoms with Gasteiger partial charge in [0.15, 0.2) is 5.96 Å². The van der Waals surface area contributed by atoms with Crippen molar-refractivity contribution in [2.75, 3.05) is 11.4 Å². The second-order valence-electron chi connectivity index (χ2n) is 4.95. The zero-order valence-corrected chi connectivity index (χ0v) is 12.7. The van der Waals surface area contributed by atoms with Crippen LogP contribution in [0, 0.1) is 0 Å². The van der Waals surface area contributed by atoms with Crippen LogP contribution in [0.15, 0.2) is 58.1 Å². The summed E-state index contributed by atoms with van der Waals surface area (Å²) in [5, 5.41) is 0. The number of pyridine rings is 1. The molecule has 2 aromatic rings. The molecule has 20 heavy (non-hydrogen) atoms. The zero-order chi connectivity index (χ0) is 14.2. The molecule has 2 N–H and O–H groups in total. The quantitative estimate of drug-likeness (QED) is 0.921. The van der Waals surface area contributed by atoms with Crippen molar-refractivity contribution >= 4 is 27.6 Å². The van der Waals surface area contributed by atoms with Crippen molar-refractivity contribution in [3.05, 3.63) is 58.8 Å². The maximum absolute atomic E-state index is 6.12. The summed E-state index contributed by atoms with van der Waals surface area (Å²) in [5.41, 5.74) is 7.71. The number of rotatable bonds is 2. The maximum Gasteiger partial charge on any atom is 0.196 e. The number of anilines is 1. The molecule has 0 fully saturated rings. The smallest absolute Gasteiger partial charge is 0.196 e. The Morgan fingerprint density at radius 2 is 1.95 bits per heavy atom. The maximum atomic E-state index is 6.12. The Balaban J connectivity index is 2.12. The van der Waals surface area contributed by atoms with Gasteiger partial charge in [0.05, 0.1) is 17.9 Å². The molecule has 1 aliphatic heterocycles. The van der Waals surface area contributed by atoms with E-state index in [1.54, 1.807) is 6.20 Å². The highest BCUT2D eigenvalue weighted by molar-refractivity contribution is 9.10. The third kappa shape index (κ3) is 1.98. The molecule has 0 saturated carbocycles. The number of halogens is 1. The van der Waals surface area contributed by atoms with Crippen LogP contribution in [0.4, 0.5) is 5.69 Å². The fourth-order valence-electron chi connectivity index (χ4n) is 2.53. The monoisotopic (exact) mass is 330 g/mol. The lowest BCUT2D eigenvalue weighted by molar-refractivity contribution is 0.515. The molecular weight excluding hydrogens is 316 g/mol. The van der Waals surface area contributed by atoms with E-state index in [9.17, 15) is 0 Å². The van der Waals surface area contributed by atoms with Crippen LogP contribution in [0.25, 0.3) is 0 Å². The molecule has 1 aromatic heterocycles. The highest BCUT2D eigenvalue weighted by Gasteiger charge is 2.42. The first-order valence-corrected chi connectivity index (χ1v) is 7.18. The van der Waals surface area contributed by atoms with Crippen molar-refractivity contribution in [1.29, 1.82) is 0 Å². The van der Waals surface area contributed by atoms with Gasteiger partial charge in [0.25, 0.3) is 0 Å². The Morgan fingerprint density at radius 3 is 2.65 bits per heavy atom. The summed E-state index contributed by atoms with van der Waals surface area (Å²) in [6, 6.07) is 13.9. The lowest BCUT2D eigenvalue weighted by atomic mass is 9.95. The molecular formula is C15H15BrN4. The summed E-state index contributed by atoms with van der Waals surface area (Å²) >= 11 is 3.59. The molecule has 102 valence electrons. The first-order chi connectivity index (χ1) is 9.63. The Kier molecular flexibility index (Phi) is 3.22. The first-order valence-electron chi connectivity index (χ1n) is 6.39. The average Bonchev–Trinajstić information content (AvgIpc) is 2.78. The van der Waals surface area contributed by atoms with E-state index in [2.05, 4.69) is 32.8 Å². The molecule has 1 aliphatic rings. The SMILES string of the molecule is CC1(c2ccccn2)CN=C(N)N1c1ccccc1Br. The fraction of sp³-hybridized carbons (Fsp3) is 0.200. The number of aromatic nitrogens is 1. The molecule has 0 radical (unpaired) electrons. The first kappa shape index (κ1) is 13.1. The number of nitrogens with zero attached hydrogens (tertiary/aromatic N) is 3. The van der Waals surface area contributed by atoms with E-state index >= 15 is 0 Å². The van der Waals surface area contributed by atoms with Crippen LogP contribution in [0.1, 0.15) is 12.6 Å². The minimum atomic E-state index is -0.366. The van der Waals surface area contributed by atoms with Gasteiger partial charge in [0, 0.05) is 10.7 Å². The van der Waals surface area contributed by atoms with Crippen molar-refractivity contribution in [3.63, 3.8) is 0 Å². The van der Waals surface area contributed by atoms with Crippen LogP contribution in [-0.4, -0.2) is 17.5 Å². The highest BCUT2D eigenvalue weighted by Crippen LogP contribution is 2.38. The number of benzene rings is 1. The van der Waals surface area contributed by atoms with Gasteiger partial charge >= 0.3 is 0 Å². The topological polar surface area (TPSA) is 54.5 Å². The molecule has 2 heterocycles. The molecule has 1 atom stereocenters. The number of aliphatic imine (C=N–C) groups is 1. The summed E-state index contributed by atoms with van der Waals surface area (Å²) in [4.78, 5) is 11.0. The zero-order valence-electron chi connectivity index (χ0n) is 11.1. The third-order valence-electron chi connectivity index (χ3n) is 3.58. The normalized spacial score (nSPS) is 21.9. The van der Waals surface area contributed by atoms with Crippen molar-refractivity contribution < 1.29 is 0 Å². The van der Waals surface area contributed by atoms with Crippen LogP contribution >= 0.6 is 15.9 Å². The predicted octanol–water partition coefficient (Wildman–Crippen LogP) is 2.89. The van der Waals surface area contributed by atoms with Gasteiger partial charge in [-0.25, -0.2) is 0 Å². The van der Waals surface area contributed by atoms with E-state index in [1.165, 1.54) is 0 Å². The van der Waals surface area contributed by atoms with Crippen molar-refractivity contribution in [3.8, 4) is 0 Å². The average molecular weight is 331 g/mol. The van der Waals surface area contributed by atoms with E-state index in [1.807, 2.05) is 47.4 Å². The second-order valence-corrected chi connectivity index (χ2v) is 5.80. The van der Waals surface area contributed by atoms with Gasteiger partial charge < -0.3 is 5.73 Å². The highest BCUT2D eigenvalue weighted by atomic mass is 79.9. The summed E-state index contributed by atoms with van der Waals surface area (Å²) in [7, 11) is 0. The number of guanidine groups is 1. The van der Waals surface area contributed by atoms with E-state index in [0.29, 0.717) is 12.5 Å². The van der Waals surface area contributed by atoms with Gasteiger partial charge in [-0.1, -0.05) is 18.2 Å². The number of nitrogens with two attached hydrogens (primary N) is 1. The predicted molar refractivity (Wildman–Crippen MR) is 84.7 cm³/mol. The number of hydrogen-bond donors (Lipinski definition) is 1. The molecule has 1 aromatic carbocycles. The molecule has 0 aliphatic carbocycles. The molecule has 4 nitrogen and oxygen atoms in total. The van der Waals surface area contributed by atoms with E-state index < -0.39 is 0 Å². The van der Waals surface area contributed by atoms with Crippen molar-refractivity contribution in [1.82, 2.24) is 4.98 Å². The number of hydrogen-bond acceptors (Lipinski definition) is 4. The van der Waals surface area contributed by atoms with Gasteiger partial charge in [-0.3, -0.25) is 14.9 Å². The fourth-order valence-corrected chi connectivity index (χ4v) is 2.99. The standard InChI is InChI=1S/C15H15BrN4/c1-15(13-8-4-5-9-18-13)10-19-14(17)20(15)12-7-3-2-6-11(12)16/h2-9H,10H2,1H3,(H2,17,19). The van der Waals surface area contributed by atoms with E-state index in [-0.39, 0.29) is 5.54 Å². The van der Waals surface area contributed by atoms with Gasteiger partial charge in [-0.2, -0.15) is 0 Å². The molecule has 3 rings (SSSR count). The number of para-hydroxylation sites is 1. The van der Waals surface area contributed by atoms with E-state index in [4.69, 9.17) is 5.73 Å². The minimum Gasteiger partial charge on any atom is -0.369 e. The molecule has 5 heteroatoms. The van der Waals surface area contributed by atoms with Crippen molar-refractivity contribution in [2.24, 2.45) is 10.7 Å². The molecule has 0 bridgehead atoms. The van der Waals surface area contributed by atoms with Gasteiger partial charge in [0.1, 0.15) is 5.54 Å². The summed E-state index contributed by atoms with van der Waals surface area (Å²) in [5.74, 6) is 0.519. The molecule has 0 spiro atoms. The molecule has 1 unspecified atom stereocenters. The van der Waals surface area contributed by atoms with Crippen LogP contribution in [0.3, 0.4) is 0 Å². The van der Waals surface area contributed by atoms with Crippen molar-refractivity contribution in [2.45, 2.75) is 12.5 Å². The largest absolute Gasteiger partial charge is 0.369 e. The second kappa shape index (κ2) is 4.90. The molecule has 0 saturated heterocycles. The van der Waals surface area contributed by atoms with Gasteiger partial charge in [-0.05, 0) is 47.1 Å².